The van der Waals surface area contributed by atoms with Gasteiger partial charge >= 0.3 is 11.7 Å². The van der Waals surface area contributed by atoms with Crippen molar-refractivity contribution >= 4 is 23.6 Å². The number of hydrogen-bond donors (Lipinski definition) is 1. The number of rotatable bonds is 10. The lowest BCUT2D eigenvalue weighted by atomic mass is 10.0. The van der Waals surface area contributed by atoms with Crippen LogP contribution in [0.4, 0.5) is 18.9 Å². The van der Waals surface area contributed by atoms with E-state index in [-0.39, 0.29) is 6.61 Å². The summed E-state index contributed by atoms with van der Waals surface area (Å²) < 4.78 is 47.4. The van der Waals surface area contributed by atoms with Gasteiger partial charge in [0.2, 0.25) is 5.82 Å². The molecule has 0 saturated carbocycles. The van der Waals surface area contributed by atoms with Crippen LogP contribution in [0.2, 0.25) is 0 Å². The van der Waals surface area contributed by atoms with Gasteiger partial charge in [0, 0.05) is 18.7 Å². The van der Waals surface area contributed by atoms with Crippen molar-refractivity contribution in [3.8, 4) is 0 Å². The summed E-state index contributed by atoms with van der Waals surface area (Å²) in [7, 11) is 0. The molecule has 166 valence electrons. The Bertz CT molecular complexity index is 866. The monoisotopic (exact) mass is 431 g/mol. The maximum absolute atomic E-state index is 14.7. The molecule has 0 amide bonds. The van der Waals surface area contributed by atoms with E-state index in [0.717, 1.165) is 13.1 Å². The van der Waals surface area contributed by atoms with E-state index in [4.69, 9.17) is 4.74 Å². The number of hydrogen-bond acceptors (Lipinski definition) is 7. The number of carbonyl (C=O) groups is 1. The number of halogens is 3. The van der Waals surface area contributed by atoms with Crippen molar-refractivity contribution in [2.75, 3.05) is 19.7 Å². The molecule has 0 radical (unpaired) electrons. The molecule has 0 bridgehead atoms. The van der Waals surface area contributed by atoms with Gasteiger partial charge < -0.3 is 9.84 Å². The average Bonchev–Trinajstić information content (AvgIpc) is 2.69. The van der Waals surface area contributed by atoms with Crippen molar-refractivity contribution in [1.82, 2.24) is 5.01 Å². The predicted octanol–water partition coefficient (Wildman–Crippen LogP) is 4.26. The maximum Gasteiger partial charge on any atom is 0.343 e. The van der Waals surface area contributed by atoms with Crippen LogP contribution in [0.5, 0.6) is 0 Å². The Morgan fingerprint density at radius 1 is 1.17 bits per heavy atom. The van der Waals surface area contributed by atoms with E-state index in [2.05, 4.69) is 5.10 Å². The fourth-order valence-electron chi connectivity index (χ4n) is 2.59. The second-order valence-corrected chi connectivity index (χ2v) is 6.23. The van der Waals surface area contributed by atoms with Crippen molar-refractivity contribution < 1.29 is 32.7 Å². The highest BCUT2D eigenvalue weighted by atomic mass is 19.2. The topological polar surface area (TPSA) is 105 Å². The smallest absolute Gasteiger partial charge is 0.343 e. The third-order valence-electron chi connectivity index (χ3n) is 4.00. The van der Waals surface area contributed by atoms with Crippen LogP contribution in [0, 0.1) is 34.5 Å². The number of ether oxygens (including phenoxy) is 1. The van der Waals surface area contributed by atoms with Crippen molar-refractivity contribution in [2.24, 2.45) is 5.10 Å². The van der Waals surface area contributed by atoms with Crippen molar-refractivity contribution in [2.45, 2.75) is 40.5 Å². The normalized spacial score (nSPS) is 12.1. The number of esters is 1. The number of nitro benzene ring substituents is 1. The van der Waals surface area contributed by atoms with E-state index in [1.807, 2.05) is 13.8 Å². The Morgan fingerprint density at radius 2 is 1.73 bits per heavy atom. The van der Waals surface area contributed by atoms with E-state index in [9.17, 15) is 33.2 Å². The summed E-state index contributed by atoms with van der Waals surface area (Å²) in [6.07, 6.45) is 2.28. The Balaban J connectivity index is 3.79. The summed E-state index contributed by atoms with van der Waals surface area (Å²) in [6, 6.07) is 0. The zero-order chi connectivity index (χ0) is 23.0. The molecule has 1 aromatic rings. The molecule has 0 fully saturated rings. The highest BCUT2D eigenvalue weighted by Crippen LogP contribution is 2.35. The van der Waals surface area contributed by atoms with Crippen LogP contribution in [0.3, 0.4) is 0 Å². The van der Waals surface area contributed by atoms with Gasteiger partial charge in [-0.3, -0.25) is 15.1 Å². The van der Waals surface area contributed by atoms with Gasteiger partial charge in [-0.2, -0.15) is 9.49 Å². The molecule has 0 saturated heterocycles. The van der Waals surface area contributed by atoms with Crippen LogP contribution < -0.4 is 0 Å². The van der Waals surface area contributed by atoms with Gasteiger partial charge in [0.25, 0.3) is 0 Å². The van der Waals surface area contributed by atoms with E-state index in [1.54, 1.807) is 5.01 Å². The van der Waals surface area contributed by atoms with Gasteiger partial charge in [0.15, 0.2) is 5.82 Å². The van der Waals surface area contributed by atoms with Crippen LogP contribution >= 0.6 is 0 Å². The van der Waals surface area contributed by atoms with Crippen LogP contribution in [0.15, 0.2) is 10.7 Å². The molecule has 0 aliphatic carbocycles. The first-order valence-electron chi connectivity index (χ1n) is 9.33. The lowest BCUT2D eigenvalue weighted by Crippen LogP contribution is -2.21. The summed E-state index contributed by atoms with van der Waals surface area (Å²) in [5.41, 5.74) is -4.52. The number of benzene rings is 1. The zero-order valence-electron chi connectivity index (χ0n) is 17.2. The quantitative estimate of drug-likeness (QED) is 0.113. The summed E-state index contributed by atoms with van der Waals surface area (Å²) in [6.45, 7) is 6.96. The van der Waals surface area contributed by atoms with Crippen molar-refractivity contribution in [3.63, 3.8) is 0 Å². The third-order valence-corrected chi connectivity index (χ3v) is 4.00. The van der Waals surface area contributed by atoms with Gasteiger partial charge in [0.1, 0.15) is 22.7 Å². The van der Waals surface area contributed by atoms with E-state index >= 15 is 0 Å². The van der Waals surface area contributed by atoms with Crippen molar-refractivity contribution in [1.29, 1.82) is 0 Å². The molecule has 30 heavy (non-hydrogen) atoms. The highest BCUT2D eigenvalue weighted by Gasteiger charge is 2.35. The minimum atomic E-state index is -1.96. The lowest BCUT2D eigenvalue weighted by Gasteiger charge is -2.17. The molecule has 0 aliphatic rings. The molecule has 1 rings (SSSR count). The standard InChI is InChI=1S/C19H24F3N3O5/c1-5-8-24(9-6-2)23-10-12(19(27)30-7-3)18(26)13-14(20)11(4)15(21)16(22)17(13)25(28)29/h10,26H,5-9H2,1-4H3. The molecule has 0 aromatic heterocycles. The van der Waals surface area contributed by atoms with Gasteiger partial charge in [-0.1, -0.05) is 13.8 Å². The highest BCUT2D eigenvalue weighted by molar-refractivity contribution is 6.15. The molecule has 0 heterocycles. The minimum absolute atomic E-state index is 0.127. The van der Waals surface area contributed by atoms with Crippen LogP contribution in [-0.2, 0) is 9.53 Å². The zero-order valence-corrected chi connectivity index (χ0v) is 17.2. The number of carbonyl (C=O) groups excluding carboxylic acids is 1. The molecule has 8 nitrogen and oxygen atoms in total. The average molecular weight is 431 g/mol. The van der Waals surface area contributed by atoms with E-state index in [1.165, 1.54) is 6.92 Å². The van der Waals surface area contributed by atoms with Crippen LogP contribution in [0.25, 0.3) is 5.76 Å². The molecule has 1 aromatic carbocycles. The summed E-state index contributed by atoms with van der Waals surface area (Å²) in [5.74, 6) is -7.75. The Hall–Kier alpha value is -3.11. The minimum Gasteiger partial charge on any atom is -0.506 e. The molecule has 0 atom stereocenters. The first-order chi connectivity index (χ1) is 14.1. The summed E-state index contributed by atoms with van der Waals surface area (Å²) in [5, 5.41) is 27.4. The summed E-state index contributed by atoms with van der Waals surface area (Å²) in [4.78, 5) is 22.2. The molecule has 0 unspecified atom stereocenters. The second kappa shape index (κ2) is 11.2. The SMILES string of the molecule is CCCN(CCC)N=CC(C(=O)OCC)=C(O)c1c(F)c(C)c(F)c(F)c1[N+](=O)[O-]. The largest absolute Gasteiger partial charge is 0.506 e. The fourth-order valence-corrected chi connectivity index (χ4v) is 2.59. The molecule has 1 N–H and O–H groups in total. The number of aliphatic hydroxyl groups is 1. The maximum atomic E-state index is 14.7. The predicted molar refractivity (Wildman–Crippen MR) is 105 cm³/mol. The number of nitrogens with zero attached hydrogens (tertiary/aromatic N) is 3. The summed E-state index contributed by atoms with van der Waals surface area (Å²) >= 11 is 0. The van der Waals surface area contributed by atoms with E-state index in [0.29, 0.717) is 25.9 Å². The first-order valence-corrected chi connectivity index (χ1v) is 9.33. The lowest BCUT2D eigenvalue weighted by molar-refractivity contribution is -0.388. The third kappa shape index (κ3) is 5.49. The molecule has 11 heteroatoms. The van der Waals surface area contributed by atoms with Crippen molar-refractivity contribution in [3.05, 3.63) is 44.3 Å². The number of aliphatic hydroxyl groups excluding tert-OH is 1. The first kappa shape index (κ1) is 24.9. The van der Waals surface area contributed by atoms with Gasteiger partial charge in [0.05, 0.1) is 17.7 Å². The molecular formula is C19H24F3N3O5. The fraction of sp³-hybridized carbons (Fsp3) is 0.474. The molecular weight excluding hydrogens is 407 g/mol. The Kier molecular flexibility index (Phi) is 9.28. The van der Waals surface area contributed by atoms with E-state index < -0.39 is 56.5 Å². The Morgan fingerprint density at radius 3 is 2.20 bits per heavy atom. The van der Waals surface area contributed by atoms with Gasteiger partial charge in [-0.15, -0.1) is 0 Å². The van der Waals surface area contributed by atoms with Gasteiger partial charge in [-0.05, 0) is 26.7 Å². The number of nitro groups is 1. The molecule has 0 spiro atoms. The van der Waals surface area contributed by atoms with Crippen LogP contribution in [0.1, 0.15) is 44.7 Å². The van der Waals surface area contributed by atoms with Gasteiger partial charge in [-0.25, -0.2) is 13.6 Å². The van der Waals surface area contributed by atoms with Crippen LogP contribution in [-0.4, -0.2) is 46.9 Å². The Labute approximate surface area is 171 Å². The second-order valence-electron chi connectivity index (χ2n) is 6.23. The molecule has 0 aliphatic heterocycles. The number of hydrazone groups is 1.